The summed E-state index contributed by atoms with van der Waals surface area (Å²) >= 11 is 3.55. The Morgan fingerprint density at radius 1 is 0.968 bits per heavy atom. The van der Waals surface area contributed by atoms with E-state index in [1.165, 1.54) is 0 Å². The van der Waals surface area contributed by atoms with E-state index in [4.69, 9.17) is 9.47 Å². The Balaban J connectivity index is 1.69. The van der Waals surface area contributed by atoms with Crippen LogP contribution in [0.2, 0.25) is 0 Å². The van der Waals surface area contributed by atoms with E-state index in [-0.39, 0.29) is 6.04 Å². The standard InChI is InChI=1S/C25H24BrN3O2/c1-16(19-10-7-11-20(26)12-19)27-25-21-13-24(31-15-18-8-5-4-6-9-18)23(30-3)14-22(21)28-17(2)29-25/h4-14,16H,15H2,1-3H3,(H,27,28,29). The van der Waals surface area contributed by atoms with Gasteiger partial charge < -0.3 is 14.8 Å². The summed E-state index contributed by atoms with van der Waals surface area (Å²) in [5.74, 6) is 2.76. The highest BCUT2D eigenvalue weighted by molar-refractivity contribution is 9.10. The van der Waals surface area contributed by atoms with Crippen LogP contribution in [-0.2, 0) is 6.61 Å². The molecule has 0 amide bonds. The highest BCUT2D eigenvalue weighted by Gasteiger charge is 2.15. The van der Waals surface area contributed by atoms with Gasteiger partial charge in [-0.15, -0.1) is 0 Å². The van der Waals surface area contributed by atoms with Crippen LogP contribution in [0, 0.1) is 6.92 Å². The van der Waals surface area contributed by atoms with E-state index in [9.17, 15) is 0 Å². The molecule has 3 aromatic carbocycles. The van der Waals surface area contributed by atoms with Gasteiger partial charge in [-0.05, 0) is 43.2 Å². The fourth-order valence-corrected chi connectivity index (χ4v) is 3.85. The average Bonchev–Trinajstić information content (AvgIpc) is 2.77. The summed E-state index contributed by atoms with van der Waals surface area (Å²) in [5, 5.41) is 4.42. The molecule has 0 aliphatic heterocycles. The topological polar surface area (TPSA) is 56.3 Å². The van der Waals surface area contributed by atoms with Crippen LogP contribution in [0.25, 0.3) is 10.9 Å². The smallest absolute Gasteiger partial charge is 0.162 e. The second-order valence-corrected chi connectivity index (χ2v) is 8.25. The Morgan fingerprint density at radius 3 is 2.52 bits per heavy atom. The van der Waals surface area contributed by atoms with Crippen LogP contribution in [0.5, 0.6) is 11.5 Å². The number of benzene rings is 3. The first kappa shape index (κ1) is 21.1. The fourth-order valence-electron chi connectivity index (χ4n) is 3.43. The molecule has 6 heteroatoms. The SMILES string of the molecule is COc1cc2nc(C)nc(NC(C)c3cccc(Br)c3)c2cc1OCc1ccccc1. The van der Waals surface area contributed by atoms with Crippen LogP contribution in [-0.4, -0.2) is 17.1 Å². The van der Waals surface area contributed by atoms with Crippen molar-refractivity contribution in [2.45, 2.75) is 26.5 Å². The largest absolute Gasteiger partial charge is 0.493 e. The monoisotopic (exact) mass is 477 g/mol. The number of hydrogen-bond acceptors (Lipinski definition) is 5. The van der Waals surface area contributed by atoms with Crippen molar-refractivity contribution >= 4 is 32.7 Å². The Labute approximate surface area is 190 Å². The minimum Gasteiger partial charge on any atom is -0.493 e. The molecule has 0 aliphatic carbocycles. The lowest BCUT2D eigenvalue weighted by Gasteiger charge is -2.18. The van der Waals surface area contributed by atoms with Gasteiger partial charge in [0.25, 0.3) is 0 Å². The highest BCUT2D eigenvalue weighted by atomic mass is 79.9. The Morgan fingerprint density at radius 2 is 1.77 bits per heavy atom. The van der Waals surface area contributed by atoms with Gasteiger partial charge in [-0.2, -0.15) is 0 Å². The van der Waals surface area contributed by atoms with Crippen LogP contribution in [0.3, 0.4) is 0 Å². The first-order chi connectivity index (χ1) is 15.0. The predicted molar refractivity (Wildman–Crippen MR) is 128 cm³/mol. The fraction of sp³-hybridized carbons (Fsp3) is 0.200. The summed E-state index contributed by atoms with van der Waals surface area (Å²) in [6.45, 7) is 4.45. The van der Waals surface area contributed by atoms with Gasteiger partial charge in [0.2, 0.25) is 0 Å². The predicted octanol–water partition coefficient (Wildman–Crippen LogP) is 6.46. The molecule has 1 atom stereocenters. The summed E-state index contributed by atoms with van der Waals surface area (Å²) in [6, 6.07) is 22.2. The number of aryl methyl sites for hydroxylation is 1. The van der Waals surface area contributed by atoms with E-state index in [1.807, 2.05) is 61.5 Å². The lowest BCUT2D eigenvalue weighted by molar-refractivity contribution is 0.285. The Bertz CT molecular complexity index is 1200. The number of methoxy groups -OCH3 is 1. The summed E-state index contributed by atoms with van der Waals surface area (Å²) in [6.07, 6.45) is 0. The molecule has 1 N–H and O–H groups in total. The van der Waals surface area contributed by atoms with Crippen LogP contribution in [0.4, 0.5) is 5.82 Å². The van der Waals surface area contributed by atoms with Gasteiger partial charge in [0.1, 0.15) is 18.2 Å². The number of fused-ring (bicyclic) bond motifs is 1. The molecule has 5 nitrogen and oxygen atoms in total. The first-order valence-corrected chi connectivity index (χ1v) is 10.9. The van der Waals surface area contributed by atoms with Gasteiger partial charge in [-0.25, -0.2) is 9.97 Å². The number of ether oxygens (including phenoxy) is 2. The van der Waals surface area contributed by atoms with E-state index < -0.39 is 0 Å². The van der Waals surface area contributed by atoms with Gasteiger partial charge in [0, 0.05) is 15.9 Å². The van der Waals surface area contributed by atoms with Crippen LogP contribution >= 0.6 is 15.9 Å². The van der Waals surface area contributed by atoms with E-state index in [1.54, 1.807) is 7.11 Å². The zero-order chi connectivity index (χ0) is 21.8. The molecule has 0 spiro atoms. The molecule has 31 heavy (non-hydrogen) atoms. The average molecular weight is 478 g/mol. The number of nitrogens with zero attached hydrogens (tertiary/aromatic N) is 2. The normalized spacial score (nSPS) is 11.9. The number of aromatic nitrogens is 2. The van der Waals surface area contributed by atoms with Crippen LogP contribution < -0.4 is 14.8 Å². The van der Waals surface area contributed by atoms with Crippen molar-refractivity contribution in [3.63, 3.8) is 0 Å². The number of nitrogens with one attached hydrogen (secondary N) is 1. The minimum atomic E-state index is 0.0609. The lowest BCUT2D eigenvalue weighted by Crippen LogP contribution is -2.10. The molecule has 0 aliphatic rings. The maximum Gasteiger partial charge on any atom is 0.162 e. The third-order valence-corrected chi connectivity index (χ3v) is 5.53. The van der Waals surface area contributed by atoms with Crippen molar-refractivity contribution in [1.29, 1.82) is 0 Å². The molecule has 4 rings (SSSR count). The summed E-state index contributed by atoms with van der Waals surface area (Å²) in [7, 11) is 1.64. The van der Waals surface area contributed by atoms with E-state index in [0.29, 0.717) is 23.9 Å². The molecule has 1 aromatic heterocycles. The molecule has 0 saturated heterocycles. The number of rotatable bonds is 7. The molecule has 0 bridgehead atoms. The first-order valence-electron chi connectivity index (χ1n) is 10.1. The number of halogens is 1. The summed E-state index contributed by atoms with van der Waals surface area (Å²) in [4.78, 5) is 9.28. The summed E-state index contributed by atoms with van der Waals surface area (Å²) < 4.78 is 12.7. The van der Waals surface area contributed by atoms with Crippen LogP contribution in [0.1, 0.15) is 29.9 Å². The Hall–Kier alpha value is -3.12. The minimum absolute atomic E-state index is 0.0609. The van der Waals surface area contributed by atoms with Crippen LogP contribution in [0.15, 0.2) is 71.2 Å². The molecule has 0 fully saturated rings. The molecule has 158 valence electrons. The number of hydrogen-bond donors (Lipinski definition) is 1. The lowest BCUT2D eigenvalue weighted by atomic mass is 10.1. The molecule has 1 heterocycles. The molecular weight excluding hydrogens is 454 g/mol. The zero-order valence-corrected chi connectivity index (χ0v) is 19.3. The van der Waals surface area contributed by atoms with Gasteiger partial charge in [0.15, 0.2) is 11.5 Å². The van der Waals surface area contributed by atoms with Gasteiger partial charge in [-0.3, -0.25) is 0 Å². The molecule has 4 aromatic rings. The van der Waals surface area contributed by atoms with Crippen molar-refractivity contribution < 1.29 is 9.47 Å². The van der Waals surface area contributed by atoms with E-state index in [2.05, 4.69) is 50.3 Å². The molecule has 1 unspecified atom stereocenters. The van der Waals surface area contributed by atoms with Crippen molar-refractivity contribution in [2.75, 3.05) is 12.4 Å². The van der Waals surface area contributed by atoms with Gasteiger partial charge in [0.05, 0.1) is 18.7 Å². The van der Waals surface area contributed by atoms with E-state index in [0.717, 1.165) is 32.3 Å². The van der Waals surface area contributed by atoms with E-state index >= 15 is 0 Å². The van der Waals surface area contributed by atoms with Gasteiger partial charge in [-0.1, -0.05) is 58.4 Å². The zero-order valence-electron chi connectivity index (χ0n) is 17.7. The van der Waals surface area contributed by atoms with Crippen molar-refractivity contribution in [3.05, 3.63) is 88.2 Å². The highest BCUT2D eigenvalue weighted by Crippen LogP contribution is 2.35. The van der Waals surface area contributed by atoms with Gasteiger partial charge >= 0.3 is 0 Å². The summed E-state index contributed by atoms with van der Waals surface area (Å²) in [5.41, 5.74) is 3.06. The third-order valence-electron chi connectivity index (χ3n) is 5.03. The second kappa shape index (κ2) is 9.35. The third kappa shape index (κ3) is 4.97. The Kier molecular flexibility index (Phi) is 6.37. The molecule has 0 saturated carbocycles. The van der Waals surface area contributed by atoms with Crippen molar-refractivity contribution in [3.8, 4) is 11.5 Å². The quantitative estimate of drug-likeness (QED) is 0.330. The molecular formula is C25H24BrN3O2. The maximum atomic E-state index is 6.10. The molecule has 0 radical (unpaired) electrons. The number of anilines is 1. The van der Waals surface area contributed by atoms with Crippen molar-refractivity contribution in [1.82, 2.24) is 9.97 Å². The second-order valence-electron chi connectivity index (χ2n) is 7.33. The maximum absolute atomic E-state index is 6.10. The van der Waals surface area contributed by atoms with Crippen molar-refractivity contribution in [2.24, 2.45) is 0 Å².